The number of rotatable bonds is 7. The molecule has 0 radical (unpaired) electrons. The van der Waals surface area contributed by atoms with Crippen LogP contribution in [0.4, 0.5) is 0 Å². The zero-order chi connectivity index (χ0) is 15.2. The molecule has 6 nitrogen and oxygen atoms in total. The number of hydrogen-bond acceptors (Lipinski definition) is 5. The average Bonchev–Trinajstić information content (AvgIpc) is 3.15. The van der Waals surface area contributed by atoms with E-state index in [0.29, 0.717) is 24.8 Å². The molecule has 1 fully saturated rings. The number of hydrogen-bond donors (Lipinski definition) is 2. The topological polar surface area (TPSA) is 90.4 Å². The minimum Gasteiger partial charge on any atom is -0.364 e. The molecule has 1 amide bonds. The van der Waals surface area contributed by atoms with Crippen LogP contribution in [0.3, 0.4) is 0 Å². The first-order valence-electron chi connectivity index (χ1n) is 7.76. The molecule has 0 spiro atoms. The van der Waals surface area contributed by atoms with E-state index in [4.69, 9.17) is 15.0 Å². The lowest BCUT2D eigenvalue weighted by atomic mass is 9.99. The van der Waals surface area contributed by atoms with Crippen molar-refractivity contribution < 1.29 is 14.1 Å². The number of nitrogens with one attached hydrogen (secondary N) is 1. The van der Waals surface area contributed by atoms with Crippen LogP contribution in [0.2, 0.25) is 0 Å². The minimum atomic E-state index is -0.389. The van der Waals surface area contributed by atoms with E-state index in [2.05, 4.69) is 24.3 Å². The Morgan fingerprint density at radius 3 is 2.77 bits per heavy atom. The smallest absolute Gasteiger partial charge is 0.249 e. The van der Waals surface area contributed by atoms with Crippen LogP contribution < -0.4 is 11.1 Å². The van der Waals surface area contributed by atoms with Crippen LogP contribution in [0.5, 0.6) is 0 Å². The molecule has 0 aromatic carbocycles. The van der Waals surface area contributed by atoms with Gasteiger partial charge >= 0.3 is 0 Å². The normalized spacial score (nSPS) is 20.9. The molecule has 22 heavy (non-hydrogen) atoms. The summed E-state index contributed by atoms with van der Waals surface area (Å²) in [4.78, 5) is 12.0. The molecule has 3 N–H and O–H groups in total. The molecule has 0 saturated carbocycles. The summed E-state index contributed by atoms with van der Waals surface area (Å²) >= 11 is 0. The number of aromatic nitrogens is 1. The summed E-state index contributed by atoms with van der Waals surface area (Å²) in [6.45, 7) is 5.08. The monoisotopic (exact) mass is 331 g/mol. The van der Waals surface area contributed by atoms with Gasteiger partial charge in [-0.2, -0.15) is 0 Å². The maximum absolute atomic E-state index is 12.0. The molecule has 1 aromatic rings. The SMILES string of the molecule is CCC(CC)c1cc(CNC(=O)[C@@H]2CC[C@H](CN)O2)on1.Cl. The van der Waals surface area contributed by atoms with Crippen molar-refractivity contribution in [2.45, 2.75) is 64.2 Å². The van der Waals surface area contributed by atoms with Gasteiger partial charge in [0.1, 0.15) is 6.10 Å². The Morgan fingerprint density at radius 2 is 2.18 bits per heavy atom. The van der Waals surface area contributed by atoms with Crippen LogP contribution in [-0.4, -0.2) is 29.8 Å². The first kappa shape index (κ1) is 18.9. The number of nitrogens with zero attached hydrogens (tertiary/aromatic N) is 1. The molecule has 126 valence electrons. The van der Waals surface area contributed by atoms with Crippen molar-refractivity contribution in [2.75, 3.05) is 6.54 Å². The Labute approximate surface area is 137 Å². The molecule has 2 rings (SSSR count). The van der Waals surface area contributed by atoms with E-state index in [1.54, 1.807) is 0 Å². The van der Waals surface area contributed by atoms with Crippen LogP contribution in [-0.2, 0) is 16.1 Å². The number of ether oxygens (including phenoxy) is 1. The molecule has 7 heteroatoms. The molecule has 1 saturated heterocycles. The lowest BCUT2D eigenvalue weighted by molar-refractivity contribution is -0.132. The molecule has 0 bridgehead atoms. The van der Waals surface area contributed by atoms with Gasteiger partial charge in [0.25, 0.3) is 0 Å². The van der Waals surface area contributed by atoms with Crippen molar-refractivity contribution in [1.82, 2.24) is 10.5 Å². The summed E-state index contributed by atoms with van der Waals surface area (Å²) in [5, 5.41) is 6.92. The van der Waals surface area contributed by atoms with Gasteiger partial charge in [-0.15, -0.1) is 12.4 Å². The van der Waals surface area contributed by atoms with Crippen molar-refractivity contribution in [3.63, 3.8) is 0 Å². The molecule has 1 aliphatic heterocycles. The lowest BCUT2D eigenvalue weighted by Gasteiger charge is -2.11. The Morgan fingerprint density at radius 1 is 1.45 bits per heavy atom. The van der Waals surface area contributed by atoms with E-state index >= 15 is 0 Å². The number of nitrogens with two attached hydrogens (primary N) is 1. The predicted octanol–water partition coefficient (Wildman–Crippen LogP) is 2.12. The summed E-state index contributed by atoms with van der Waals surface area (Å²) in [6, 6.07) is 1.93. The molecule has 2 heterocycles. The van der Waals surface area contributed by atoms with Crippen molar-refractivity contribution in [3.8, 4) is 0 Å². The van der Waals surface area contributed by atoms with Gasteiger partial charge in [-0.05, 0) is 25.7 Å². The van der Waals surface area contributed by atoms with Crippen molar-refractivity contribution in [3.05, 3.63) is 17.5 Å². The highest BCUT2D eigenvalue weighted by Crippen LogP contribution is 2.22. The average molecular weight is 332 g/mol. The zero-order valence-corrected chi connectivity index (χ0v) is 14.0. The molecule has 1 aromatic heterocycles. The second kappa shape index (κ2) is 9.12. The van der Waals surface area contributed by atoms with E-state index in [9.17, 15) is 4.79 Å². The fourth-order valence-corrected chi connectivity index (χ4v) is 2.67. The van der Waals surface area contributed by atoms with E-state index in [1.807, 2.05) is 6.07 Å². The van der Waals surface area contributed by atoms with Crippen LogP contribution in [0.15, 0.2) is 10.6 Å². The zero-order valence-electron chi connectivity index (χ0n) is 13.2. The standard InChI is InChI=1S/C15H25N3O3.ClH/c1-3-10(4-2)13-7-12(21-18-13)9-17-15(19)14-6-5-11(8-16)20-14;/h7,10-11,14H,3-6,8-9,16H2,1-2H3,(H,17,19);1H/t11-,14+;/m1./s1. The Balaban J connectivity index is 0.00000242. The highest BCUT2D eigenvalue weighted by Gasteiger charge is 2.29. The summed E-state index contributed by atoms with van der Waals surface area (Å²) < 4.78 is 10.8. The second-order valence-electron chi connectivity index (χ2n) is 5.51. The maximum Gasteiger partial charge on any atom is 0.249 e. The van der Waals surface area contributed by atoms with Gasteiger partial charge in [-0.25, -0.2) is 0 Å². The Hall–Kier alpha value is -1.11. The number of carbonyl (C=O) groups excluding carboxylic acids is 1. The molecule has 0 aliphatic carbocycles. The molecule has 1 aliphatic rings. The van der Waals surface area contributed by atoms with E-state index in [-0.39, 0.29) is 30.5 Å². The Kier molecular flexibility index (Phi) is 7.85. The maximum atomic E-state index is 12.0. The van der Waals surface area contributed by atoms with Crippen LogP contribution in [0, 0.1) is 0 Å². The number of amides is 1. The highest BCUT2D eigenvalue weighted by atomic mass is 35.5. The van der Waals surface area contributed by atoms with Gasteiger partial charge < -0.3 is 20.3 Å². The molecule has 0 unspecified atom stereocenters. The van der Waals surface area contributed by atoms with E-state index < -0.39 is 0 Å². The summed E-state index contributed by atoms with van der Waals surface area (Å²) in [6.07, 6.45) is 3.25. The summed E-state index contributed by atoms with van der Waals surface area (Å²) in [5.41, 5.74) is 6.50. The van der Waals surface area contributed by atoms with Crippen LogP contribution in [0.1, 0.15) is 56.9 Å². The predicted molar refractivity (Wildman–Crippen MR) is 85.9 cm³/mol. The minimum absolute atomic E-state index is 0. The third kappa shape index (κ3) is 4.69. The van der Waals surface area contributed by atoms with E-state index in [1.165, 1.54) is 0 Å². The fraction of sp³-hybridized carbons (Fsp3) is 0.733. The molecular weight excluding hydrogens is 306 g/mol. The molecular formula is C15H26ClN3O3. The van der Waals surface area contributed by atoms with Crippen molar-refractivity contribution in [2.24, 2.45) is 5.73 Å². The van der Waals surface area contributed by atoms with Gasteiger partial charge in [0.15, 0.2) is 5.76 Å². The first-order chi connectivity index (χ1) is 10.2. The molecule has 2 atom stereocenters. The van der Waals surface area contributed by atoms with Gasteiger partial charge in [0, 0.05) is 18.5 Å². The summed E-state index contributed by atoms with van der Waals surface area (Å²) in [7, 11) is 0. The number of halogens is 1. The largest absolute Gasteiger partial charge is 0.364 e. The first-order valence-corrected chi connectivity index (χ1v) is 7.76. The second-order valence-corrected chi connectivity index (χ2v) is 5.51. The van der Waals surface area contributed by atoms with Crippen LogP contribution >= 0.6 is 12.4 Å². The van der Waals surface area contributed by atoms with Gasteiger partial charge in [0.2, 0.25) is 5.91 Å². The fourth-order valence-electron chi connectivity index (χ4n) is 2.67. The van der Waals surface area contributed by atoms with Crippen molar-refractivity contribution in [1.29, 1.82) is 0 Å². The summed E-state index contributed by atoms with van der Waals surface area (Å²) in [5.74, 6) is 0.992. The third-order valence-electron chi connectivity index (χ3n) is 4.08. The van der Waals surface area contributed by atoms with Gasteiger partial charge in [0.05, 0.1) is 18.3 Å². The third-order valence-corrected chi connectivity index (χ3v) is 4.08. The highest BCUT2D eigenvalue weighted by molar-refractivity contribution is 5.85. The van der Waals surface area contributed by atoms with Crippen molar-refractivity contribution >= 4 is 18.3 Å². The Bertz CT molecular complexity index is 463. The number of carbonyl (C=O) groups is 1. The lowest BCUT2D eigenvalue weighted by Crippen LogP contribution is -2.35. The van der Waals surface area contributed by atoms with Gasteiger partial charge in [-0.3, -0.25) is 4.79 Å². The van der Waals surface area contributed by atoms with E-state index in [0.717, 1.165) is 31.4 Å². The van der Waals surface area contributed by atoms with Gasteiger partial charge in [-0.1, -0.05) is 19.0 Å². The quantitative estimate of drug-likeness (QED) is 0.798. The van der Waals surface area contributed by atoms with Crippen LogP contribution in [0.25, 0.3) is 0 Å².